The van der Waals surface area contributed by atoms with Crippen molar-refractivity contribution in [2.24, 2.45) is 0 Å². The van der Waals surface area contributed by atoms with Crippen molar-refractivity contribution in [3.63, 3.8) is 0 Å². The fraction of sp³-hybridized carbons (Fsp3) is 0.500. The van der Waals surface area contributed by atoms with Crippen LogP contribution in [-0.2, 0) is 0 Å². The summed E-state index contributed by atoms with van der Waals surface area (Å²) >= 11 is 0. The summed E-state index contributed by atoms with van der Waals surface area (Å²) in [5, 5.41) is 3.36. The van der Waals surface area contributed by atoms with E-state index in [1.807, 2.05) is 6.07 Å². The van der Waals surface area contributed by atoms with Gasteiger partial charge >= 0.3 is 0 Å². The summed E-state index contributed by atoms with van der Waals surface area (Å²) in [7, 11) is 0. The van der Waals surface area contributed by atoms with Gasteiger partial charge in [-0.3, -0.25) is 0 Å². The van der Waals surface area contributed by atoms with Crippen molar-refractivity contribution < 1.29 is 4.39 Å². The monoisotopic (exact) mass is 195 g/mol. The molecule has 0 saturated heterocycles. The SMILES string of the molecule is CCCCN[C@@H](C)c1cccc(F)c1. The van der Waals surface area contributed by atoms with Crippen LogP contribution in [0.15, 0.2) is 24.3 Å². The van der Waals surface area contributed by atoms with E-state index in [9.17, 15) is 4.39 Å². The van der Waals surface area contributed by atoms with Gasteiger partial charge in [-0.2, -0.15) is 0 Å². The Hall–Kier alpha value is -0.890. The highest BCUT2D eigenvalue weighted by molar-refractivity contribution is 5.19. The quantitative estimate of drug-likeness (QED) is 0.711. The lowest BCUT2D eigenvalue weighted by atomic mass is 10.1. The molecule has 1 rings (SSSR count). The summed E-state index contributed by atoms with van der Waals surface area (Å²) < 4.78 is 12.9. The van der Waals surface area contributed by atoms with E-state index in [4.69, 9.17) is 0 Å². The summed E-state index contributed by atoms with van der Waals surface area (Å²) in [5.74, 6) is -0.161. The highest BCUT2D eigenvalue weighted by atomic mass is 19.1. The third-order valence-electron chi connectivity index (χ3n) is 2.33. The number of halogens is 1. The molecule has 14 heavy (non-hydrogen) atoms. The molecular formula is C12H18FN. The number of unbranched alkanes of at least 4 members (excludes halogenated alkanes) is 1. The number of hydrogen-bond donors (Lipinski definition) is 1. The first-order valence-corrected chi connectivity index (χ1v) is 5.23. The molecule has 1 N–H and O–H groups in total. The van der Waals surface area contributed by atoms with Crippen molar-refractivity contribution >= 4 is 0 Å². The van der Waals surface area contributed by atoms with E-state index < -0.39 is 0 Å². The molecule has 0 heterocycles. The van der Waals surface area contributed by atoms with Crippen molar-refractivity contribution in [2.75, 3.05) is 6.54 Å². The lowest BCUT2D eigenvalue weighted by Gasteiger charge is -2.13. The Morgan fingerprint density at radius 2 is 2.21 bits per heavy atom. The van der Waals surface area contributed by atoms with Gasteiger partial charge in [-0.1, -0.05) is 25.5 Å². The van der Waals surface area contributed by atoms with Gasteiger partial charge in [-0.25, -0.2) is 4.39 Å². The van der Waals surface area contributed by atoms with Crippen LogP contribution in [0.3, 0.4) is 0 Å². The number of rotatable bonds is 5. The number of nitrogens with one attached hydrogen (secondary N) is 1. The zero-order chi connectivity index (χ0) is 10.4. The van der Waals surface area contributed by atoms with Crippen LogP contribution in [0.25, 0.3) is 0 Å². The Morgan fingerprint density at radius 1 is 1.43 bits per heavy atom. The predicted molar refractivity (Wildman–Crippen MR) is 57.7 cm³/mol. The first-order valence-electron chi connectivity index (χ1n) is 5.23. The lowest BCUT2D eigenvalue weighted by molar-refractivity contribution is 0.548. The van der Waals surface area contributed by atoms with E-state index in [0.717, 1.165) is 12.1 Å². The third kappa shape index (κ3) is 3.46. The standard InChI is InChI=1S/C12H18FN/c1-3-4-8-14-10(2)11-6-5-7-12(13)9-11/h5-7,9-10,14H,3-4,8H2,1-2H3/t10-/m0/s1. The van der Waals surface area contributed by atoms with Crippen LogP contribution in [0.5, 0.6) is 0 Å². The molecule has 0 amide bonds. The molecule has 0 aliphatic rings. The largest absolute Gasteiger partial charge is 0.310 e. The molecule has 0 bridgehead atoms. The molecular weight excluding hydrogens is 177 g/mol. The first kappa shape index (κ1) is 11.2. The first-order chi connectivity index (χ1) is 6.74. The molecule has 0 saturated carbocycles. The highest BCUT2D eigenvalue weighted by Crippen LogP contribution is 2.13. The zero-order valence-corrected chi connectivity index (χ0v) is 8.89. The maximum absolute atomic E-state index is 12.9. The molecule has 0 aromatic heterocycles. The molecule has 1 aromatic rings. The third-order valence-corrected chi connectivity index (χ3v) is 2.33. The van der Waals surface area contributed by atoms with Crippen molar-refractivity contribution in [3.05, 3.63) is 35.6 Å². The van der Waals surface area contributed by atoms with Crippen LogP contribution < -0.4 is 5.32 Å². The average molecular weight is 195 g/mol. The fourth-order valence-corrected chi connectivity index (χ4v) is 1.39. The average Bonchev–Trinajstić information content (AvgIpc) is 2.18. The molecule has 0 spiro atoms. The zero-order valence-electron chi connectivity index (χ0n) is 8.89. The minimum absolute atomic E-state index is 0.161. The van der Waals surface area contributed by atoms with Gasteiger partial charge < -0.3 is 5.32 Å². The molecule has 1 nitrogen and oxygen atoms in total. The minimum Gasteiger partial charge on any atom is -0.310 e. The van der Waals surface area contributed by atoms with E-state index in [-0.39, 0.29) is 11.9 Å². The predicted octanol–water partition coefficient (Wildman–Crippen LogP) is 3.28. The summed E-state index contributed by atoms with van der Waals surface area (Å²) in [6.07, 6.45) is 2.35. The molecule has 2 heteroatoms. The Balaban J connectivity index is 2.47. The summed E-state index contributed by atoms with van der Waals surface area (Å²) in [4.78, 5) is 0. The topological polar surface area (TPSA) is 12.0 Å². The van der Waals surface area contributed by atoms with Crippen molar-refractivity contribution in [1.82, 2.24) is 5.32 Å². The minimum atomic E-state index is -0.161. The molecule has 1 aromatic carbocycles. The molecule has 1 atom stereocenters. The molecule has 0 aliphatic heterocycles. The van der Waals surface area contributed by atoms with Crippen LogP contribution in [0.1, 0.15) is 38.3 Å². The maximum atomic E-state index is 12.9. The Morgan fingerprint density at radius 3 is 2.86 bits per heavy atom. The highest BCUT2D eigenvalue weighted by Gasteiger charge is 2.04. The smallest absolute Gasteiger partial charge is 0.123 e. The summed E-state index contributed by atoms with van der Waals surface area (Å²) in [6.45, 7) is 5.22. The number of hydrogen-bond acceptors (Lipinski definition) is 1. The summed E-state index contributed by atoms with van der Waals surface area (Å²) in [5.41, 5.74) is 1.01. The van der Waals surface area contributed by atoms with Gasteiger partial charge in [0.05, 0.1) is 0 Å². The van der Waals surface area contributed by atoms with Gasteiger partial charge in [-0.05, 0) is 37.6 Å². The molecule has 0 aliphatic carbocycles. The molecule has 0 radical (unpaired) electrons. The van der Waals surface area contributed by atoms with Crippen LogP contribution in [-0.4, -0.2) is 6.54 Å². The summed E-state index contributed by atoms with van der Waals surface area (Å²) in [6, 6.07) is 7.00. The van der Waals surface area contributed by atoms with E-state index in [2.05, 4.69) is 19.2 Å². The van der Waals surface area contributed by atoms with E-state index in [0.29, 0.717) is 0 Å². The van der Waals surface area contributed by atoms with E-state index in [1.54, 1.807) is 12.1 Å². The maximum Gasteiger partial charge on any atom is 0.123 e. The second-order valence-corrected chi connectivity index (χ2v) is 3.58. The van der Waals surface area contributed by atoms with Gasteiger partial charge in [0.15, 0.2) is 0 Å². The van der Waals surface area contributed by atoms with Crippen molar-refractivity contribution in [2.45, 2.75) is 32.7 Å². The van der Waals surface area contributed by atoms with Gasteiger partial charge in [0, 0.05) is 6.04 Å². The van der Waals surface area contributed by atoms with Gasteiger partial charge in [0.25, 0.3) is 0 Å². The van der Waals surface area contributed by atoms with Gasteiger partial charge in [0.2, 0.25) is 0 Å². The van der Waals surface area contributed by atoms with Gasteiger partial charge in [-0.15, -0.1) is 0 Å². The fourth-order valence-electron chi connectivity index (χ4n) is 1.39. The molecule has 0 unspecified atom stereocenters. The van der Waals surface area contributed by atoms with Crippen LogP contribution >= 0.6 is 0 Å². The second kappa shape index (κ2) is 5.76. The Labute approximate surface area is 85.3 Å². The van der Waals surface area contributed by atoms with Crippen LogP contribution in [0.4, 0.5) is 4.39 Å². The van der Waals surface area contributed by atoms with E-state index in [1.165, 1.54) is 18.9 Å². The van der Waals surface area contributed by atoms with Crippen molar-refractivity contribution in [1.29, 1.82) is 0 Å². The number of benzene rings is 1. The molecule has 0 fully saturated rings. The Kier molecular flexibility index (Phi) is 4.60. The van der Waals surface area contributed by atoms with Crippen LogP contribution in [0.2, 0.25) is 0 Å². The van der Waals surface area contributed by atoms with E-state index >= 15 is 0 Å². The lowest BCUT2D eigenvalue weighted by Crippen LogP contribution is -2.19. The Bertz CT molecular complexity index is 273. The van der Waals surface area contributed by atoms with Crippen LogP contribution in [0, 0.1) is 5.82 Å². The van der Waals surface area contributed by atoms with Gasteiger partial charge in [0.1, 0.15) is 5.82 Å². The second-order valence-electron chi connectivity index (χ2n) is 3.58. The molecule has 78 valence electrons. The van der Waals surface area contributed by atoms with Crippen molar-refractivity contribution in [3.8, 4) is 0 Å². The normalized spacial score (nSPS) is 12.8.